The van der Waals surface area contributed by atoms with Gasteiger partial charge in [0.1, 0.15) is 5.82 Å². The van der Waals surface area contributed by atoms with Crippen molar-refractivity contribution in [2.45, 2.75) is 19.9 Å². The maximum atomic E-state index is 13.0. The third kappa shape index (κ3) is 3.00. The molecule has 2 saturated heterocycles. The maximum Gasteiger partial charge on any atom is 0.185 e. The summed E-state index contributed by atoms with van der Waals surface area (Å²) in [6.07, 6.45) is 0. The van der Waals surface area contributed by atoms with Crippen molar-refractivity contribution in [3.63, 3.8) is 0 Å². The molecule has 1 aromatic heterocycles. The molecule has 0 unspecified atom stereocenters. The first-order valence-electron chi connectivity index (χ1n) is 8.54. The highest BCUT2D eigenvalue weighted by Gasteiger charge is 2.35. The second-order valence-electron chi connectivity index (χ2n) is 6.70. The molecule has 4 nitrogen and oxygen atoms in total. The van der Waals surface area contributed by atoms with Crippen molar-refractivity contribution >= 4 is 22.2 Å². The summed E-state index contributed by atoms with van der Waals surface area (Å²) in [5, 5.41) is 1.17. The van der Waals surface area contributed by atoms with E-state index in [2.05, 4.69) is 33.5 Å². The molecule has 3 heterocycles. The number of anilines is 2. The minimum absolute atomic E-state index is 0.167. The fraction of sp³-hybridized carbons (Fsp3) is 0.500. The Balaban J connectivity index is 1.29. The maximum absolute atomic E-state index is 13.0. The van der Waals surface area contributed by atoms with Crippen LogP contribution in [0.25, 0.3) is 0 Å². The molecule has 2 aromatic rings. The number of benzene rings is 1. The van der Waals surface area contributed by atoms with Gasteiger partial charge in [-0.1, -0.05) is 0 Å². The van der Waals surface area contributed by atoms with E-state index in [4.69, 9.17) is 0 Å². The minimum atomic E-state index is -0.167. The van der Waals surface area contributed by atoms with Crippen molar-refractivity contribution < 1.29 is 4.39 Å². The van der Waals surface area contributed by atoms with Gasteiger partial charge >= 0.3 is 0 Å². The van der Waals surface area contributed by atoms with Gasteiger partial charge in [-0.15, -0.1) is 11.3 Å². The number of halogens is 1. The Morgan fingerprint density at radius 2 is 1.67 bits per heavy atom. The lowest BCUT2D eigenvalue weighted by molar-refractivity contribution is 0.157. The molecule has 0 N–H and O–H groups in total. The molecule has 0 spiro atoms. The largest absolute Gasteiger partial charge is 0.369 e. The third-order valence-electron chi connectivity index (χ3n) is 5.17. The number of aromatic nitrogens is 1. The molecular weight excluding hydrogens is 323 g/mol. The van der Waals surface area contributed by atoms with Crippen molar-refractivity contribution in [1.29, 1.82) is 0 Å². The van der Waals surface area contributed by atoms with E-state index in [0.29, 0.717) is 6.04 Å². The highest BCUT2D eigenvalue weighted by atomic mass is 32.1. The van der Waals surface area contributed by atoms with Crippen molar-refractivity contribution in [2.24, 2.45) is 0 Å². The quantitative estimate of drug-likeness (QED) is 0.852. The van der Waals surface area contributed by atoms with Crippen LogP contribution in [0.2, 0.25) is 0 Å². The molecule has 2 aliphatic rings. The van der Waals surface area contributed by atoms with Gasteiger partial charge in [-0.2, -0.15) is 0 Å². The van der Waals surface area contributed by atoms with Crippen LogP contribution in [-0.4, -0.2) is 55.2 Å². The van der Waals surface area contributed by atoms with E-state index in [0.717, 1.165) is 50.6 Å². The van der Waals surface area contributed by atoms with Crippen LogP contribution in [0.15, 0.2) is 24.3 Å². The van der Waals surface area contributed by atoms with E-state index in [9.17, 15) is 4.39 Å². The lowest BCUT2D eigenvalue weighted by atomic mass is 10.1. The Labute approximate surface area is 146 Å². The summed E-state index contributed by atoms with van der Waals surface area (Å²) in [5.74, 6) is -0.167. The highest BCUT2D eigenvalue weighted by molar-refractivity contribution is 7.15. The van der Waals surface area contributed by atoms with Gasteiger partial charge in [0.25, 0.3) is 0 Å². The molecule has 0 amide bonds. The summed E-state index contributed by atoms with van der Waals surface area (Å²) < 4.78 is 13.0. The van der Waals surface area contributed by atoms with Gasteiger partial charge in [-0.25, -0.2) is 9.37 Å². The molecule has 2 aliphatic heterocycles. The van der Waals surface area contributed by atoms with Crippen LogP contribution < -0.4 is 9.80 Å². The predicted octanol–water partition coefficient (Wildman–Crippen LogP) is 2.91. The van der Waals surface area contributed by atoms with Gasteiger partial charge < -0.3 is 9.80 Å². The monoisotopic (exact) mass is 346 g/mol. The zero-order valence-electron chi connectivity index (χ0n) is 14.2. The van der Waals surface area contributed by atoms with Gasteiger partial charge in [0.05, 0.1) is 5.69 Å². The SMILES string of the molecule is Cc1nc(N2CC(N3CCN(c4ccc(F)cc4)CC3)C2)sc1C. The first kappa shape index (κ1) is 15.8. The third-order valence-corrected chi connectivity index (χ3v) is 6.31. The zero-order valence-corrected chi connectivity index (χ0v) is 15.0. The predicted molar refractivity (Wildman–Crippen MR) is 97.8 cm³/mol. The number of piperazine rings is 1. The molecule has 0 bridgehead atoms. The molecule has 1 aromatic carbocycles. The van der Waals surface area contributed by atoms with Gasteiger partial charge in [-0.3, -0.25) is 4.90 Å². The molecule has 2 fully saturated rings. The number of thiazole rings is 1. The number of rotatable bonds is 3. The lowest BCUT2D eigenvalue weighted by Gasteiger charge is -2.48. The number of hydrogen-bond acceptors (Lipinski definition) is 5. The van der Waals surface area contributed by atoms with Crippen molar-refractivity contribution in [3.8, 4) is 0 Å². The summed E-state index contributed by atoms with van der Waals surface area (Å²) >= 11 is 1.80. The average molecular weight is 346 g/mol. The number of aryl methyl sites for hydroxylation is 2. The normalized spacial score (nSPS) is 19.6. The smallest absolute Gasteiger partial charge is 0.185 e. The Bertz CT molecular complexity index is 681. The minimum Gasteiger partial charge on any atom is -0.369 e. The standard InChI is InChI=1S/C18H23FN4S/c1-13-14(2)24-18(20-13)23-11-17(12-23)22-9-7-21(8-10-22)16-5-3-15(19)4-6-16/h3-6,17H,7-12H2,1-2H3. The molecule has 6 heteroatoms. The van der Waals surface area contributed by atoms with Crippen LogP contribution in [0, 0.1) is 19.7 Å². The fourth-order valence-electron chi connectivity index (χ4n) is 3.43. The van der Waals surface area contributed by atoms with Crippen LogP contribution in [0.1, 0.15) is 10.6 Å². The fourth-order valence-corrected chi connectivity index (χ4v) is 4.36. The van der Waals surface area contributed by atoms with Gasteiger partial charge in [0, 0.05) is 55.9 Å². The number of hydrogen-bond donors (Lipinski definition) is 0. The molecule has 128 valence electrons. The molecular formula is C18H23FN4S. The van der Waals surface area contributed by atoms with E-state index in [1.807, 2.05) is 12.1 Å². The average Bonchev–Trinajstić information content (AvgIpc) is 2.86. The van der Waals surface area contributed by atoms with Crippen LogP contribution >= 0.6 is 11.3 Å². The Morgan fingerprint density at radius 3 is 2.25 bits per heavy atom. The first-order valence-corrected chi connectivity index (χ1v) is 9.35. The van der Waals surface area contributed by atoms with E-state index in [1.165, 1.54) is 10.0 Å². The van der Waals surface area contributed by atoms with Crippen molar-refractivity contribution in [2.75, 3.05) is 49.1 Å². The van der Waals surface area contributed by atoms with E-state index in [-0.39, 0.29) is 5.82 Å². The van der Waals surface area contributed by atoms with Crippen LogP contribution in [0.4, 0.5) is 15.2 Å². The Morgan fingerprint density at radius 1 is 1.00 bits per heavy atom. The summed E-state index contributed by atoms with van der Waals surface area (Å²) in [6, 6.07) is 7.49. The Hall–Kier alpha value is -1.66. The van der Waals surface area contributed by atoms with E-state index >= 15 is 0 Å². The topological polar surface area (TPSA) is 22.6 Å². The summed E-state index contributed by atoms with van der Waals surface area (Å²) in [5.41, 5.74) is 2.28. The molecule has 24 heavy (non-hydrogen) atoms. The summed E-state index contributed by atoms with van der Waals surface area (Å²) in [6.45, 7) is 10.6. The van der Waals surface area contributed by atoms with Gasteiger partial charge in [-0.05, 0) is 38.1 Å². The van der Waals surface area contributed by atoms with Crippen LogP contribution in [0.5, 0.6) is 0 Å². The summed E-state index contributed by atoms with van der Waals surface area (Å²) in [4.78, 5) is 13.3. The lowest BCUT2D eigenvalue weighted by Crippen LogP contribution is -2.63. The molecule has 4 rings (SSSR count). The summed E-state index contributed by atoms with van der Waals surface area (Å²) in [7, 11) is 0. The second-order valence-corrected chi connectivity index (χ2v) is 7.88. The molecule has 0 radical (unpaired) electrons. The molecule has 0 saturated carbocycles. The first-order chi connectivity index (χ1) is 11.6. The molecule has 0 aliphatic carbocycles. The van der Waals surface area contributed by atoms with Crippen molar-refractivity contribution in [1.82, 2.24) is 9.88 Å². The molecule has 0 atom stereocenters. The van der Waals surface area contributed by atoms with Gasteiger partial charge in [0.2, 0.25) is 0 Å². The number of nitrogens with zero attached hydrogens (tertiary/aromatic N) is 4. The van der Waals surface area contributed by atoms with Crippen LogP contribution in [-0.2, 0) is 0 Å². The van der Waals surface area contributed by atoms with Gasteiger partial charge in [0.15, 0.2) is 5.13 Å². The van der Waals surface area contributed by atoms with E-state index < -0.39 is 0 Å². The van der Waals surface area contributed by atoms with E-state index in [1.54, 1.807) is 23.5 Å². The zero-order chi connectivity index (χ0) is 16.7. The van der Waals surface area contributed by atoms with Crippen LogP contribution in [0.3, 0.4) is 0 Å². The Kier molecular flexibility index (Phi) is 4.18. The highest BCUT2D eigenvalue weighted by Crippen LogP contribution is 2.30. The van der Waals surface area contributed by atoms with Crippen molar-refractivity contribution in [3.05, 3.63) is 40.7 Å². The second kappa shape index (κ2) is 6.33.